The molecule has 1 atom stereocenters. The molecule has 0 aliphatic rings. The summed E-state index contributed by atoms with van der Waals surface area (Å²) in [4.78, 5) is 27.6. The number of hydrogen-bond donors (Lipinski definition) is 1. The number of rotatable bonds is 10. The third-order valence-electron chi connectivity index (χ3n) is 6.37. The molecule has 7 nitrogen and oxygen atoms in total. The molecule has 3 rings (SSSR count). The third-order valence-corrected chi connectivity index (χ3v) is 8.87. The van der Waals surface area contributed by atoms with Crippen molar-refractivity contribution in [1.29, 1.82) is 0 Å². The topological polar surface area (TPSA) is 86.8 Å². The van der Waals surface area contributed by atoms with E-state index in [9.17, 15) is 31.2 Å². The second-order valence-electron chi connectivity index (χ2n) is 9.13. The quantitative estimate of drug-likeness (QED) is 0.295. The SMILES string of the molecule is CC[C@H](C(=O)NC)N(Cc1c(Cl)cccc1Cl)C(=O)CN(c1cccc(C(F)(F)F)c1)S(=O)(=O)c1ccc(C)cc1. The predicted molar refractivity (Wildman–Crippen MR) is 152 cm³/mol. The number of alkyl halides is 3. The fourth-order valence-electron chi connectivity index (χ4n) is 4.14. The lowest BCUT2D eigenvalue weighted by Gasteiger charge is -2.33. The number of aryl methyl sites for hydroxylation is 1. The van der Waals surface area contributed by atoms with Crippen LogP contribution in [0.15, 0.2) is 71.6 Å². The number of carbonyl (C=O) groups is 2. The van der Waals surface area contributed by atoms with Gasteiger partial charge in [-0.3, -0.25) is 13.9 Å². The summed E-state index contributed by atoms with van der Waals surface area (Å²) < 4.78 is 68.9. The largest absolute Gasteiger partial charge is 0.416 e. The number of amides is 2. The van der Waals surface area contributed by atoms with Gasteiger partial charge in [0, 0.05) is 29.2 Å². The van der Waals surface area contributed by atoms with Crippen LogP contribution in [0.1, 0.15) is 30.0 Å². The van der Waals surface area contributed by atoms with Crippen LogP contribution in [0.5, 0.6) is 0 Å². The fraction of sp³-hybridized carbons (Fsp3) is 0.286. The van der Waals surface area contributed by atoms with Gasteiger partial charge in [-0.25, -0.2) is 8.42 Å². The molecule has 0 heterocycles. The van der Waals surface area contributed by atoms with E-state index in [4.69, 9.17) is 23.2 Å². The molecule has 41 heavy (non-hydrogen) atoms. The number of nitrogens with zero attached hydrogens (tertiary/aromatic N) is 2. The molecule has 0 saturated heterocycles. The number of sulfonamides is 1. The van der Waals surface area contributed by atoms with Crippen LogP contribution in [0.25, 0.3) is 0 Å². The number of benzene rings is 3. The monoisotopic (exact) mass is 629 g/mol. The Morgan fingerprint density at radius 3 is 2.10 bits per heavy atom. The summed E-state index contributed by atoms with van der Waals surface area (Å²) in [5.41, 5.74) is -0.399. The molecule has 0 unspecified atom stereocenters. The minimum atomic E-state index is -4.77. The Hall–Kier alpha value is -3.28. The van der Waals surface area contributed by atoms with Gasteiger partial charge in [0.05, 0.1) is 16.1 Å². The standard InChI is InChI=1S/C28H28Cl2F3N3O4S/c1-4-25(27(38)34-3)35(16-22-23(29)9-6-10-24(22)30)26(37)17-36(20-8-5-7-19(15-20)28(31,32)33)41(39,40)21-13-11-18(2)12-14-21/h5-15,25H,4,16-17H2,1-3H3,(H,34,38)/t25-/m1/s1. The van der Waals surface area contributed by atoms with Crippen molar-refractivity contribution < 1.29 is 31.2 Å². The van der Waals surface area contributed by atoms with E-state index < -0.39 is 46.2 Å². The Balaban J connectivity index is 2.16. The maximum absolute atomic E-state index is 13.9. The van der Waals surface area contributed by atoms with E-state index in [-0.39, 0.29) is 33.6 Å². The van der Waals surface area contributed by atoms with Gasteiger partial charge in [0.15, 0.2) is 0 Å². The summed E-state index contributed by atoms with van der Waals surface area (Å²) in [7, 11) is -3.16. The first kappa shape index (κ1) is 32.2. The zero-order valence-corrected chi connectivity index (χ0v) is 24.7. The summed E-state index contributed by atoms with van der Waals surface area (Å²) in [6.45, 7) is 2.23. The summed E-state index contributed by atoms with van der Waals surface area (Å²) in [6.07, 6.45) is -4.62. The zero-order valence-electron chi connectivity index (χ0n) is 22.4. The van der Waals surface area contributed by atoms with Crippen LogP contribution in [0, 0.1) is 6.92 Å². The van der Waals surface area contributed by atoms with Crippen molar-refractivity contribution in [3.63, 3.8) is 0 Å². The minimum Gasteiger partial charge on any atom is -0.357 e. The van der Waals surface area contributed by atoms with Crippen LogP contribution in [-0.4, -0.2) is 44.8 Å². The highest BCUT2D eigenvalue weighted by Crippen LogP contribution is 2.34. The van der Waals surface area contributed by atoms with E-state index in [2.05, 4.69) is 5.32 Å². The zero-order chi connectivity index (χ0) is 30.5. The van der Waals surface area contributed by atoms with Crippen molar-refractivity contribution in [2.75, 3.05) is 17.9 Å². The van der Waals surface area contributed by atoms with Gasteiger partial charge in [0.25, 0.3) is 10.0 Å². The first-order chi connectivity index (χ1) is 19.2. The number of halogens is 5. The molecule has 0 saturated carbocycles. The molecule has 0 bridgehead atoms. The van der Waals surface area contributed by atoms with E-state index in [1.807, 2.05) is 0 Å². The second kappa shape index (κ2) is 13.1. The van der Waals surface area contributed by atoms with E-state index in [0.717, 1.165) is 22.6 Å². The molecule has 1 N–H and O–H groups in total. The van der Waals surface area contributed by atoms with Gasteiger partial charge in [0.2, 0.25) is 11.8 Å². The summed E-state index contributed by atoms with van der Waals surface area (Å²) >= 11 is 12.7. The van der Waals surface area contributed by atoms with E-state index in [1.165, 1.54) is 37.4 Å². The Kier molecular flexibility index (Phi) is 10.3. The third kappa shape index (κ3) is 7.52. The van der Waals surface area contributed by atoms with Gasteiger partial charge in [0.1, 0.15) is 12.6 Å². The molecule has 0 fully saturated rings. The van der Waals surface area contributed by atoms with E-state index in [0.29, 0.717) is 15.9 Å². The Morgan fingerprint density at radius 2 is 1.56 bits per heavy atom. The van der Waals surface area contributed by atoms with Gasteiger partial charge in [-0.1, -0.05) is 60.0 Å². The molecule has 13 heteroatoms. The molecule has 0 spiro atoms. The lowest BCUT2D eigenvalue weighted by atomic mass is 10.1. The summed E-state index contributed by atoms with van der Waals surface area (Å²) in [5.74, 6) is -1.39. The predicted octanol–water partition coefficient (Wildman–Crippen LogP) is 6.07. The highest BCUT2D eigenvalue weighted by Gasteiger charge is 2.36. The molecular weight excluding hydrogens is 602 g/mol. The fourth-order valence-corrected chi connectivity index (χ4v) is 6.07. The first-order valence-corrected chi connectivity index (χ1v) is 14.6. The maximum Gasteiger partial charge on any atom is 0.416 e. The van der Waals surface area contributed by atoms with Crippen LogP contribution in [0.2, 0.25) is 10.0 Å². The Bertz CT molecular complexity index is 1500. The van der Waals surface area contributed by atoms with Gasteiger partial charge >= 0.3 is 6.18 Å². The number of nitrogens with one attached hydrogen (secondary N) is 1. The number of anilines is 1. The van der Waals surface area contributed by atoms with Crippen molar-refractivity contribution >= 4 is 50.7 Å². The molecule has 220 valence electrons. The van der Waals surface area contributed by atoms with Crippen LogP contribution in [0.4, 0.5) is 18.9 Å². The van der Waals surface area contributed by atoms with Gasteiger partial charge in [-0.2, -0.15) is 13.2 Å². The number of likely N-dealkylation sites (N-methyl/N-ethyl adjacent to an activating group) is 1. The van der Waals surface area contributed by atoms with Crippen molar-refractivity contribution in [1.82, 2.24) is 10.2 Å². The minimum absolute atomic E-state index is 0.141. The summed E-state index contributed by atoms with van der Waals surface area (Å²) in [5, 5.41) is 2.91. The van der Waals surface area contributed by atoms with Crippen molar-refractivity contribution in [2.45, 2.75) is 43.9 Å². The van der Waals surface area contributed by atoms with Crippen molar-refractivity contribution in [3.05, 3.63) is 93.5 Å². The van der Waals surface area contributed by atoms with Gasteiger partial charge < -0.3 is 10.2 Å². The number of carbonyl (C=O) groups excluding carboxylic acids is 2. The average molecular weight is 631 g/mol. The highest BCUT2D eigenvalue weighted by molar-refractivity contribution is 7.92. The molecule has 0 radical (unpaired) electrons. The lowest BCUT2D eigenvalue weighted by Crippen LogP contribution is -2.51. The van der Waals surface area contributed by atoms with Crippen molar-refractivity contribution in [2.24, 2.45) is 0 Å². The first-order valence-electron chi connectivity index (χ1n) is 12.4. The highest BCUT2D eigenvalue weighted by atomic mass is 35.5. The van der Waals surface area contributed by atoms with Crippen LogP contribution < -0.4 is 9.62 Å². The average Bonchev–Trinajstić information content (AvgIpc) is 2.92. The van der Waals surface area contributed by atoms with Crippen LogP contribution in [-0.2, 0) is 32.3 Å². The molecule has 0 aliphatic carbocycles. The molecule has 0 aromatic heterocycles. The molecular formula is C28H28Cl2F3N3O4S. The molecule has 2 amide bonds. The smallest absolute Gasteiger partial charge is 0.357 e. The second-order valence-corrected chi connectivity index (χ2v) is 11.8. The van der Waals surface area contributed by atoms with Gasteiger partial charge in [-0.05, 0) is 55.8 Å². The summed E-state index contributed by atoms with van der Waals surface area (Å²) in [6, 6.07) is 13.0. The van der Waals surface area contributed by atoms with E-state index in [1.54, 1.807) is 32.0 Å². The maximum atomic E-state index is 13.9. The molecule has 3 aromatic rings. The lowest BCUT2D eigenvalue weighted by molar-refractivity contribution is -0.140. The van der Waals surface area contributed by atoms with Crippen LogP contribution in [0.3, 0.4) is 0 Å². The molecule has 3 aromatic carbocycles. The van der Waals surface area contributed by atoms with E-state index >= 15 is 0 Å². The van der Waals surface area contributed by atoms with Gasteiger partial charge in [-0.15, -0.1) is 0 Å². The van der Waals surface area contributed by atoms with Crippen molar-refractivity contribution in [3.8, 4) is 0 Å². The molecule has 0 aliphatic heterocycles. The normalized spacial score (nSPS) is 12.5. The Morgan fingerprint density at radius 1 is 0.976 bits per heavy atom. The van der Waals surface area contributed by atoms with Crippen LogP contribution >= 0.6 is 23.2 Å². The number of hydrogen-bond acceptors (Lipinski definition) is 4. The Labute approximate surface area is 246 Å².